The van der Waals surface area contributed by atoms with Gasteiger partial charge in [-0.1, -0.05) is 5.16 Å². The maximum absolute atomic E-state index is 12.5. The Bertz CT molecular complexity index is 841. The molecule has 0 spiro atoms. The van der Waals surface area contributed by atoms with Crippen LogP contribution in [0.1, 0.15) is 34.3 Å². The second kappa shape index (κ2) is 7.45. The summed E-state index contributed by atoms with van der Waals surface area (Å²) in [5.41, 5.74) is 1.60. The minimum atomic E-state index is -3.77. The van der Waals surface area contributed by atoms with Crippen molar-refractivity contribution in [2.24, 2.45) is 0 Å². The van der Waals surface area contributed by atoms with Gasteiger partial charge in [-0.3, -0.25) is 0 Å². The molecule has 0 fully saturated rings. The second-order valence-electron chi connectivity index (χ2n) is 4.99. The van der Waals surface area contributed by atoms with Crippen LogP contribution in [0.4, 0.5) is 0 Å². The largest absolute Gasteiger partial charge is 0.462 e. The van der Waals surface area contributed by atoms with Gasteiger partial charge in [-0.15, -0.1) is 0 Å². The summed E-state index contributed by atoms with van der Waals surface area (Å²) < 4.78 is 37.6. The second-order valence-corrected chi connectivity index (χ2v) is 7.58. The highest BCUT2D eigenvalue weighted by Gasteiger charge is 2.21. The minimum absolute atomic E-state index is 0.0299. The summed E-state index contributed by atoms with van der Waals surface area (Å²) in [4.78, 5) is 11.7. The van der Waals surface area contributed by atoms with Crippen LogP contribution in [0.5, 0.6) is 0 Å². The highest BCUT2D eigenvalue weighted by Crippen LogP contribution is 2.24. The van der Waals surface area contributed by atoms with E-state index in [9.17, 15) is 13.2 Å². The van der Waals surface area contributed by atoms with Crippen molar-refractivity contribution in [1.29, 1.82) is 0 Å². The van der Waals surface area contributed by atoms with E-state index < -0.39 is 16.0 Å². The molecule has 2 aromatic rings. The van der Waals surface area contributed by atoms with Crippen molar-refractivity contribution in [3.63, 3.8) is 0 Å². The molecule has 130 valence electrons. The Hall–Kier alpha value is -1.71. The number of sulfonamides is 1. The van der Waals surface area contributed by atoms with E-state index in [0.717, 1.165) is 0 Å². The number of nitrogens with one attached hydrogen (secondary N) is 1. The molecule has 1 aromatic carbocycles. The monoisotopic (exact) mass is 416 g/mol. The van der Waals surface area contributed by atoms with Crippen LogP contribution in [0, 0.1) is 13.8 Å². The number of halogens is 1. The van der Waals surface area contributed by atoms with Crippen LogP contribution in [0.2, 0.25) is 0 Å². The molecule has 7 nitrogen and oxygen atoms in total. The quantitative estimate of drug-likeness (QED) is 0.726. The Morgan fingerprint density at radius 3 is 2.62 bits per heavy atom. The number of carbonyl (C=O) groups excluding carboxylic acids is 1. The fourth-order valence-corrected chi connectivity index (χ4v) is 4.13. The molecule has 1 N–H and O–H groups in total. The Morgan fingerprint density at radius 1 is 1.38 bits per heavy atom. The first-order valence-corrected chi connectivity index (χ1v) is 9.42. The average Bonchev–Trinajstić information content (AvgIpc) is 2.84. The predicted molar refractivity (Wildman–Crippen MR) is 90.1 cm³/mol. The Balaban J connectivity index is 2.22. The molecular weight excluding hydrogens is 400 g/mol. The maximum Gasteiger partial charge on any atom is 0.338 e. The van der Waals surface area contributed by atoms with Crippen LogP contribution in [0.3, 0.4) is 0 Å². The molecule has 2 rings (SSSR count). The molecule has 1 aromatic heterocycles. The van der Waals surface area contributed by atoms with E-state index in [0.29, 0.717) is 17.0 Å². The first kappa shape index (κ1) is 18.6. The SMILES string of the molecule is CCOC(=O)c1ccc(S(=O)(=O)NCc2c(C)noc2C)c(Br)c1. The first-order chi connectivity index (χ1) is 11.3. The molecule has 0 bridgehead atoms. The third-order valence-electron chi connectivity index (χ3n) is 3.35. The number of aryl methyl sites for hydroxylation is 2. The van der Waals surface area contributed by atoms with E-state index in [4.69, 9.17) is 9.26 Å². The number of hydrogen-bond acceptors (Lipinski definition) is 6. The fourth-order valence-electron chi connectivity index (χ4n) is 2.06. The van der Waals surface area contributed by atoms with E-state index in [1.54, 1.807) is 20.8 Å². The standard InChI is InChI=1S/C15H17BrN2O5S/c1-4-22-15(19)11-5-6-14(13(16)7-11)24(20,21)17-8-12-9(2)18-23-10(12)3/h5-7,17H,4,8H2,1-3H3. The molecule has 0 aliphatic heterocycles. The van der Waals surface area contributed by atoms with Crippen molar-refractivity contribution in [3.05, 3.63) is 45.3 Å². The van der Waals surface area contributed by atoms with Crippen molar-refractivity contribution < 1.29 is 22.5 Å². The molecule has 0 amide bonds. The van der Waals surface area contributed by atoms with E-state index in [2.05, 4.69) is 25.8 Å². The predicted octanol–water partition coefficient (Wildman–Crippen LogP) is 2.71. The zero-order valence-electron chi connectivity index (χ0n) is 13.4. The smallest absolute Gasteiger partial charge is 0.338 e. The van der Waals surface area contributed by atoms with Gasteiger partial charge in [0.25, 0.3) is 0 Å². The lowest BCUT2D eigenvalue weighted by Crippen LogP contribution is -2.24. The van der Waals surface area contributed by atoms with Gasteiger partial charge >= 0.3 is 5.97 Å². The zero-order valence-corrected chi connectivity index (χ0v) is 15.8. The van der Waals surface area contributed by atoms with Crippen molar-refractivity contribution in [3.8, 4) is 0 Å². The van der Waals surface area contributed by atoms with E-state index in [1.165, 1.54) is 18.2 Å². The van der Waals surface area contributed by atoms with Crippen molar-refractivity contribution in [2.75, 3.05) is 6.61 Å². The number of aromatic nitrogens is 1. The molecule has 9 heteroatoms. The summed E-state index contributed by atoms with van der Waals surface area (Å²) in [5.74, 6) is 0.0535. The molecule has 0 saturated heterocycles. The summed E-state index contributed by atoms with van der Waals surface area (Å²) >= 11 is 3.19. The van der Waals surface area contributed by atoms with Crippen LogP contribution in [0.25, 0.3) is 0 Å². The van der Waals surface area contributed by atoms with Crippen LogP contribution in [-0.4, -0.2) is 26.2 Å². The molecule has 24 heavy (non-hydrogen) atoms. The Kier molecular flexibility index (Phi) is 5.79. The van der Waals surface area contributed by atoms with E-state index in [1.807, 2.05) is 0 Å². The third-order valence-corrected chi connectivity index (χ3v) is 5.73. The normalized spacial score (nSPS) is 11.5. The molecule has 1 heterocycles. The topological polar surface area (TPSA) is 98.5 Å². The number of benzene rings is 1. The van der Waals surface area contributed by atoms with Gasteiger partial charge in [0.1, 0.15) is 5.76 Å². The van der Waals surface area contributed by atoms with Crippen molar-refractivity contribution in [1.82, 2.24) is 9.88 Å². The van der Waals surface area contributed by atoms with Gasteiger partial charge in [0.15, 0.2) is 0 Å². The van der Waals surface area contributed by atoms with Gasteiger partial charge in [-0.2, -0.15) is 0 Å². The Labute approximate surface area is 148 Å². The van der Waals surface area contributed by atoms with Gasteiger partial charge in [-0.05, 0) is 54.9 Å². The minimum Gasteiger partial charge on any atom is -0.462 e. The summed E-state index contributed by atoms with van der Waals surface area (Å²) in [6, 6.07) is 4.18. The van der Waals surface area contributed by atoms with Crippen molar-refractivity contribution in [2.45, 2.75) is 32.2 Å². The summed E-state index contributed by atoms with van der Waals surface area (Å²) in [7, 11) is -3.77. The van der Waals surface area contributed by atoms with E-state index in [-0.39, 0.29) is 28.1 Å². The van der Waals surface area contributed by atoms with Gasteiger partial charge in [0.05, 0.1) is 22.8 Å². The van der Waals surface area contributed by atoms with Crippen LogP contribution < -0.4 is 4.72 Å². The Morgan fingerprint density at radius 2 is 2.08 bits per heavy atom. The van der Waals surface area contributed by atoms with Crippen molar-refractivity contribution >= 4 is 31.9 Å². The van der Waals surface area contributed by atoms with Crippen LogP contribution in [-0.2, 0) is 21.3 Å². The average molecular weight is 417 g/mol. The number of rotatable bonds is 6. The number of hydrogen-bond donors (Lipinski definition) is 1. The molecule has 0 unspecified atom stereocenters. The molecule has 0 atom stereocenters. The summed E-state index contributed by atoms with van der Waals surface area (Å²) in [6.45, 7) is 5.47. The van der Waals surface area contributed by atoms with Crippen LogP contribution >= 0.6 is 15.9 Å². The maximum atomic E-state index is 12.5. The lowest BCUT2D eigenvalue weighted by Gasteiger charge is -2.10. The van der Waals surface area contributed by atoms with Crippen LogP contribution in [0.15, 0.2) is 32.1 Å². The molecule has 0 radical (unpaired) electrons. The van der Waals surface area contributed by atoms with E-state index >= 15 is 0 Å². The molecular formula is C15H17BrN2O5S. The first-order valence-electron chi connectivity index (χ1n) is 7.14. The van der Waals surface area contributed by atoms with Gasteiger partial charge in [-0.25, -0.2) is 17.9 Å². The highest BCUT2D eigenvalue weighted by molar-refractivity contribution is 9.10. The number of nitrogens with zero attached hydrogens (tertiary/aromatic N) is 1. The summed E-state index contributed by atoms with van der Waals surface area (Å²) in [5, 5.41) is 3.79. The molecule has 0 aliphatic carbocycles. The number of ether oxygens (including phenoxy) is 1. The molecule has 0 saturated carbocycles. The lowest BCUT2D eigenvalue weighted by molar-refractivity contribution is 0.0526. The van der Waals surface area contributed by atoms with Gasteiger partial charge in [0.2, 0.25) is 10.0 Å². The third kappa shape index (κ3) is 4.03. The lowest BCUT2D eigenvalue weighted by atomic mass is 10.2. The number of carbonyl (C=O) groups is 1. The molecule has 0 aliphatic rings. The van der Waals surface area contributed by atoms with Gasteiger partial charge in [0, 0.05) is 16.6 Å². The summed E-state index contributed by atoms with van der Waals surface area (Å²) in [6.07, 6.45) is 0. The highest BCUT2D eigenvalue weighted by atomic mass is 79.9. The zero-order chi connectivity index (χ0) is 17.9. The van der Waals surface area contributed by atoms with Gasteiger partial charge < -0.3 is 9.26 Å². The number of esters is 1. The fraction of sp³-hybridized carbons (Fsp3) is 0.333.